The van der Waals surface area contributed by atoms with Crippen LogP contribution in [0.1, 0.15) is 12.0 Å². The average Bonchev–Trinajstić information content (AvgIpc) is 3.05. The van der Waals surface area contributed by atoms with E-state index in [1.807, 2.05) is 0 Å². The van der Waals surface area contributed by atoms with Gasteiger partial charge in [0, 0.05) is 31.9 Å². The molecule has 0 bridgehead atoms. The van der Waals surface area contributed by atoms with Gasteiger partial charge < -0.3 is 14.8 Å². The van der Waals surface area contributed by atoms with Gasteiger partial charge in [-0.1, -0.05) is 12.1 Å². The lowest BCUT2D eigenvalue weighted by molar-refractivity contribution is -0.136. The van der Waals surface area contributed by atoms with Crippen LogP contribution in [0.2, 0.25) is 0 Å². The summed E-state index contributed by atoms with van der Waals surface area (Å²) in [5.41, 5.74) is 1.64. The van der Waals surface area contributed by atoms with Crippen molar-refractivity contribution in [3.05, 3.63) is 65.6 Å². The fraction of sp³-hybridized carbons (Fsp3) is 0.333. The van der Waals surface area contributed by atoms with Gasteiger partial charge in [-0.05, 0) is 48.4 Å². The molecule has 2 aliphatic rings. The third-order valence-electron chi connectivity index (χ3n) is 5.62. The van der Waals surface area contributed by atoms with Crippen LogP contribution in [0.25, 0.3) is 5.57 Å². The van der Waals surface area contributed by atoms with Crippen molar-refractivity contribution in [1.29, 1.82) is 0 Å². The predicted octanol–water partition coefficient (Wildman–Crippen LogP) is 2.75. The smallest absolute Gasteiger partial charge is 0.278 e. The van der Waals surface area contributed by atoms with Gasteiger partial charge in [0.25, 0.3) is 11.8 Å². The molecule has 1 N–H and O–H groups in total. The number of ether oxygens (including phenoxy) is 2. The van der Waals surface area contributed by atoms with Crippen LogP contribution < -0.4 is 10.1 Å². The van der Waals surface area contributed by atoms with Crippen LogP contribution >= 0.6 is 0 Å². The normalized spacial score (nSPS) is 17.2. The Bertz CT molecular complexity index is 999. The van der Waals surface area contributed by atoms with Crippen LogP contribution in [-0.4, -0.2) is 68.1 Å². The number of methoxy groups -OCH3 is 1. The molecule has 0 spiro atoms. The SMILES string of the molecule is COc1ccc(C2=C(Nc3ccc(F)cc3)C(=O)N(CCCN3CCOCC3)C2=O)cc1. The van der Waals surface area contributed by atoms with E-state index >= 15 is 0 Å². The first-order valence-electron chi connectivity index (χ1n) is 10.6. The Balaban J connectivity index is 1.56. The van der Waals surface area contributed by atoms with Gasteiger partial charge >= 0.3 is 0 Å². The molecule has 2 heterocycles. The largest absolute Gasteiger partial charge is 0.497 e. The highest BCUT2D eigenvalue weighted by atomic mass is 19.1. The van der Waals surface area contributed by atoms with Crippen molar-refractivity contribution in [1.82, 2.24) is 9.80 Å². The zero-order valence-electron chi connectivity index (χ0n) is 18.0. The molecule has 0 radical (unpaired) electrons. The molecule has 0 aliphatic carbocycles. The first-order chi connectivity index (χ1) is 15.6. The molecular formula is C24H26FN3O4. The maximum atomic E-state index is 13.3. The van der Waals surface area contributed by atoms with Crippen LogP contribution in [0.4, 0.5) is 10.1 Å². The summed E-state index contributed by atoms with van der Waals surface area (Å²) in [6.45, 7) is 4.23. The summed E-state index contributed by atoms with van der Waals surface area (Å²) in [6, 6.07) is 12.7. The summed E-state index contributed by atoms with van der Waals surface area (Å²) >= 11 is 0. The van der Waals surface area contributed by atoms with Crippen molar-refractivity contribution in [2.24, 2.45) is 0 Å². The van der Waals surface area contributed by atoms with Crippen LogP contribution in [0, 0.1) is 5.82 Å². The number of morpholine rings is 1. The number of rotatable bonds is 8. The van der Waals surface area contributed by atoms with E-state index < -0.39 is 0 Å². The highest BCUT2D eigenvalue weighted by Crippen LogP contribution is 2.31. The van der Waals surface area contributed by atoms with E-state index in [0.717, 1.165) is 19.6 Å². The van der Waals surface area contributed by atoms with Gasteiger partial charge in [-0.2, -0.15) is 0 Å². The lowest BCUT2D eigenvalue weighted by Gasteiger charge is -2.27. The fourth-order valence-corrected chi connectivity index (χ4v) is 3.88. The van der Waals surface area contributed by atoms with Crippen molar-refractivity contribution >= 4 is 23.1 Å². The number of imide groups is 1. The van der Waals surface area contributed by atoms with E-state index in [1.165, 1.54) is 29.2 Å². The topological polar surface area (TPSA) is 71.1 Å². The molecule has 1 saturated heterocycles. The molecule has 1 fully saturated rings. The van der Waals surface area contributed by atoms with Crippen LogP contribution in [-0.2, 0) is 14.3 Å². The van der Waals surface area contributed by atoms with Crippen molar-refractivity contribution in [2.75, 3.05) is 51.8 Å². The number of hydrogen-bond donors (Lipinski definition) is 1. The molecule has 168 valence electrons. The molecule has 8 heteroatoms. The van der Waals surface area contributed by atoms with E-state index in [9.17, 15) is 14.0 Å². The number of benzene rings is 2. The molecule has 2 aliphatic heterocycles. The number of amides is 2. The predicted molar refractivity (Wildman–Crippen MR) is 119 cm³/mol. The zero-order valence-corrected chi connectivity index (χ0v) is 18.0. The molecule has 32 heavy (non-hydrogen) atoms. The molecule has 0 saturated carbocycles. The number of nitrogens with zero attached hydrogens (tertiary/aromatic N) is 2. The fourth-order valence-electron chi connectivity index (χ4n) is 3.88. The molecule has 0 unspecified atom stereocenters. The molecule has 4 rings (SSSR count). The first kappa shape index (κ1) is 22.0. The molecule has 7 nitrogen and oxygen atoms in total. The van der Waals surface area contributed by atoms with Crippen molar-refractivity contribution < 1.29 is 23.5 Å². The second-order valence-electron chi connectivity index (χ2n) is 7.68. The Morgan fingerprint density at radius 2 is 1.66 bits per heavy atom. The Morgan fingerprint density at radius 1 is 0.969 bits per heavy atom. The van der Waals surface area contributed by atoms with E-state index in [4.69, 9.17) is 9.47 Å². The third kappa shape index (κ3) is 4.81. The number of anilines is 1. The average molecular weight is 439 g/mol. The number of carbonyl (C=O) groups excluding carboxylic acids is 2. The second-order valence-corrected chi connectivity index (χ2v) is 7.68. The number of nitrogens with one attached hydrogen (secondary N) is 1. The molecular weight excluding hydrogens is 413 g/mol. The van der Waals surface area contributed by atoms with Crippen LogP contribution in [0.3, 0.4) is 0 Å². The Morgan fingerprint density at radius 3 is 2.31 bits per heavy atom. The van der Waals surface area contributed by atoms with Crippen LogP contribution in [0.15, 0.2) is 54.2 Å². The van der Waals surface area contributed by atoms with Gasteiger partial charge in [0.05, 0.1) is 25.9 Å². The maximum Gasteiger partial charge on any atom is 0.278 e. The molecule has 0 atom stereocenters. The summed E-state index contributed by atoms with van der Waals surface area (Å²) in [5, 5.41) is 3.04. The minimum absolute atomic E-state index is 0.193. The van der Waals surface area contributed by atoms with Gasteiger partial charge in [0.15, 0.2) is 0 Å². The van der Waals surface area contributed by atoms with Gasteiger partial charge in [-0.15, -0.1) is 0 Å². The van der Waals surface area contributed by atoms with Crippen LogP contribution in [0.5, 0.6) is 5.75 Å². The van der Waals surface area contributed by atoms with Gasteiger partial charge in [0.2, 0.25) is 0 Å². The lowest BCUT2D eigenvalue weighted by Crippen LogP contribution is -2.39. The Labute approximate surface area is 186 Å². The van der Waals surface area contributed by atoms with Crippen molar-refractivity contribution in [3.63, 3.8) is 0 Å². The van der Waals surface area contributed by atoms with E-state index in [2.05, 4.69) is 10.2 Å². The van der Waals surface area contributed by atoms with E-state index in [0.29, 0.717) is 48.8 Å². The van der Waals surface area contributed by atoms with Crippen molar-refractivity contribution in [2.45, 2.75) is 6.42 Å². The minimum atomic E-state index is -0.382. The van der Waals surface area contributed by atoms with Gasteiger partial charge in [-0.25, -0.2) is 4.39 Å². The summed E-state index contributed by atoms with van der Waals surface area (Å²) in [4.78, 5) is 30.1. The summed E-state index contributed by atoms with van der Waals surface area (Å²) in [7, 11) is 1.57. The second kappa shape index (κ2) is 9.93. The standard InChI is InChI=1S/C24H26FN3O4/c1-31-20-9-3-17(4-10-20)21-22(26-19-7-5-18(25)6-8-19)24(30)28(23(21)29)12-2-11-27-13-15-32-16-14-27/h3-10,26H,2,11-16H2,1H3. The van der Waals surface area contributed by atoms with Crippen molar-refractivity contribution in [3.8, 4) is 5.75 Å². The lowest BCUT2D eigenvalue weighted by atomic mass is 10.0. The summed E-state index contributed by atoms with van der Waals surface area (Å²) in [6.07, 6.45) is 0.678. The van der Waals surface area contributed by atoms with Gasteiger partial charge in [-0.3, -0.25) is 19.4 Å². The number of hydrogen-bond acceptors (Lipinski definition) is 6. The first-order valence-corrected chi connectivity index (χ1v) is 10.6. The molecule has 0 aromatic heterocycles. The summed E-state index contributed by atoms with van der Waals surface area (Å²) < 4.78 is 23.9. The highest BCUT2D eigenvalue weighted by Gasteiger charge is 2.39. The maximum absolute atomic E-state index is 13.3. The highest BCUT2D eigenvalue weighted by molar-refractivity contribution is 6.36. The zero-order chi connectivity index (χ0) is 22.5. The van der Waals surface area contributed by atoms with E-state index in [-0.39, 0.29) is 23.3 Å². The molecule has 2 amide bonds. The molecule has 2 aromatic rings. The monoisotopic (exact) mass is 439 g/mol. The Hall–Kier alpha value is -3.23. The quantitative estimate of drug-likeness (QED) is 0.638. The minimum Gasteiger partial charge on any atom is -0.497 e. The van der Waals surface area contributed by atoms with E-state index in [1.54, 1.807) is 31.4 Å². The molecule has 2 aromatic carbocycles. The number of carbonyl (C=O) groups is 2. The van der Waals surface area contributed by atoms with Gasteiger partial charge in [0.1, 0.15) is 17.3 Å². The number of halogens is 1. The Kier molecular flexibility index (Phi) is 6.82. The third-order valence-corrected chi connectivity index (χ3v) is 5.62. The summed E-state index contributed by atoms with van der Waals surface area (Å²) in [5.74, 6) is -0.445.